The van der Waals surface area contributed by atoms with Crippen LogP contribution in [0.15, 0.2) is 24.3 Å². The summed E-state index contributed by atoms with van der Waals surface area (Å²) in [5.41, 5.74) is -0.498. The Hall–Kier alpha value is -2.58. The standard InChI is InChI=1S/C15H15F3N2O4/c16-15(17,18)9-3-1-8(2-4-9)7-11(14(23)24)20-13(22)10-5-6-12(21)19-10/h1-4,10-11H,5-7H2,(H,19,21)(H,20,22)(H,23,24)/t10-,11-/m0/s1. The van der Waals surface area contributed by atoms with Gasteiger partial charge in [0.25, 0.3) is 0 Å². The lowest BCUT2D eigenvalue weighted by Gasteiger charge is -2.18. The summed E-state index contributed by atoms with van der Waals surface area (Å²) in [4.78, 5) is 34.3. The Balaban J connectivity index is 2.02. The van der Waals surface area contributed by atoms with Gasteiger partial charge < -0.3 is 15.7 Å². The first kappa shape index (κ1) is 17.8. The highest BCUT2D eigenvalue weighted by molar-refractivity contribution is 5.92. The summed E-state index contributed by atoms with van der Waals surface area (Å²) in [7, 11) is 0. The minimum Gasteiger partial charge on any atom is -0.480 e. The topological polar surface area (TPSA) is 95.5 Å². The maximum atomic E-state index is 12.5. The van der Waals surface area contributed by atoms with Crippen LogP contribution in [0.3, 0.4) is 0 Å². The number of aliphatic carboxylic acids is 1. The molecule has 1 aromatic carbocycles. The first-order chi connectivity index (χ1) is 11.2. The zero-order valence-corrected chi connectivity index (χ0v) is 12.4. The normalized spacial score (nSPS) is 18.8. The van der Waals surface area contributed by atoms with Crippen LogP contribution in [0, 0.1) is 0 Å². The van der Waals surface area contributed by atoms with Gasteiger partial charge in [-0.15, -0.1) is 0 Å². The number of carbonyl (C=O) groups is 3. The third-order valence-electron chi connectivity index (χ3n) is 3.65. The molecule has 0 aromatic heterocycles. The van der Waals surface area contributed by atoms with Crippen molar-refractivity contribution in [1.29, 1.82) is 0 Å². The Morgan fingerprint density at radius 2 is 1.92 bits per heavy atom. The average Bonchev–Trinajstić information content (AvgIpc) is 2.92. The molecule has 1 fully saturated rings. The molecule has 2 rings (SSSR count). The molecule has 24 heavy (non-hydrogen) atoms. The van der Waals surface area contributed by atoms with Crippen LogP contribution in [0.5, 0.6) is 0 Å². The molecule has 2 amide bonds. The van der Waals surface area contributed by atoms with E-state index in [1.807, 2.05) is 0 Å². The predicted octanol–water partition coefficient (Wildman–Crippen LogP) is 1.10. The van der Waals surface area contributed by atoms with E-state index in [1.54, 1.807) is 0 Å². The second-order valence-electron chi connectivity index (χ2n) is 5.46. The molecule has 0 bridgehead atoms. The van der Waals surface area contributed by atoms with Gasteiger partial charge in [0.15, 0.2) is 0 Å². The van der Waals surface area contributed by atoms with Crippen LogP contribution in [0.1, 0.15) is 24.0 Å². The quantitative estimate of drug-likeness (QED) is 0.745. The maximum Gasteiger partial charge on any atom is 0.416 e. The predicted molar refractivity (Wildman–Crippen MR) is 75.9 cm³/mol. The molecular weight excluding hydrogens is 329 g/mol. The highest BCUT2D eigenvalue weighted by atomic mass is 19.4. The SMILES string of the molecule is O=C1CC[C@@H](C(=O)N[C@@H](Cc2ccc(C(F)(F)F)cc2)C(=O)O)N1. The van der Waals surface area contributed by atoms with Gasteiger partial charge in [0.05, 0.1) is 5.56 Å². The van der Waals surface area contributed by atoms with E-state index >= 15 is 0 Å². The second-order valence-corrected chi connectivity index (χ2v) is 5.46. The Morgan fingerprint density at radius 1 is 1.29 bits per heavy atom. The number of carboxylic acids is 1. The lowest BCUT2D eigenvalue weighted by Crippen LogP contribution is -2.49. The molecule has 9 heteroatoms. The smallest absolute Gasteiger partial charge is 0.416 e. The monoisotopic (exact) mass is 344 g/mol. The lowest BCUT2D eigenvalue weighted by atomic mass is 10.0. The fourth-order valence-electron chi connectivity index (χ4n) is 2.35. The molecule has 0 aliphatic carbocycles. The number of halogens is 3. The second kappa shape index (κ2) is 6.90. The van der Waals surface area contributed by atoms with Crippen LogP contribution in [-0.4, -0.2) is 35.0 Å². The van der Waals surface area contributed by atoms with Gasteiger partial charge >= 0.3 is 12.1 Å². The summed E-state index contributed by atoms with van der Waals surface area (Å²) in [6.07, 6.45) is -4.18. The zero-order chi connectivity index (χ0) is 17.9. The number of benzene rings is 1. The van der Waals surface area contributed by atoms with Gasteiger partial charge in [-0.1, -0.05) is 12.1 Å². The number of carbonyl (C=O) groups excluding carboxylic acids is 2. The van der Waals surface area contributed by atoms with Crippen molar-refractivity contribution in [3.05, 3.63) is 35.4 Å². The summed E-state index contributed by atoms with van der Waals surface area (Å²) in [6, 6.07) is 1.96. The van der Waals surface area contributed by atoms with Crippen molar-refractivity contribution in [1.82, 2.24) is 10.6 Å². The summed E-state index contributed by atoms with van der Waals surface area (Å²) in [6.45, 7) is 0. The summed E-state index contributed by atoms with van der Waals surface area (Å²) < 4.78 is 37.5. The number of rotatable bonds is 5. The highest BCUT2D eigenvalue weighted by Crippen LogP contribution is 2.29. The minimum atomic E-state index is -4.47. The molecule has 1 aromatic rings. The number of hydrogen-bond acceptors (Lipinski definition) is 3. The molecule has 0 unspecified atom stereocenters. The number of amides is 2. The minimum absolute atomic E-state index is 0.167. The molecule has 6 nitrogen and oxygen atoms in total. The van der Waals surface area contributed by atoms with Crippen LogP contribution in [0.2, 0.25) is 0 Å². The van der Waals surface area contributed by atoms with Crippen molar-refractivity contribution in [3.63, 3.8) is 0 Å². The van der Waals surface area contributed by atoms with E-state index < -0.39 is 35.7 Å². The van der Waals surface area contributed by atoms with Gasteiger partial charge in [0, 0.05) is 12.8 Å². The van der Waals surface area contributed by atoms with E-state index in [2.05, 4.69) is 10.6 Å². The van der Waals surface area contributed by atoms with Crippen LogP contribution in [0.4, 0.5) is 13.2 Å². The molecule has 0 spiro atoms. The van der Waals surface area contributed by atoms with E-state index in [1.165, 1.54) is 12.1 Å². The van der Waals surface area contributed by atoms with E-state index in [9.17, 15) is 32.7 Å². The number of carboxylic acid groups (broad SMARTS) is 1. The van der Waals surface area contributed by atoms with E-state index in [0.717, 1.165) is 12.1 Å². The first-order valence-corrected chi connectivity index (χ1v) is 7.15. The highest BCUT2D eigenvalue weighted by Gasteiger charge is 2.32. The summed E-state index contributed by atoms with van der Waals surface area (Å²) in [5.74, 6) is -2.22. The van der Waals surface area contributed by atoms with E-state index in [-0.39, 0.29) is 25.2 Å². The number of hydrogen-bond donors (Lipinski definition) is 3. The third-order valence-corrected chi connectivity index (χ3v) is 3.65. The van der Waals surface area contributed by atoms with Gasteiger partial charge in [-0.2, -0.15) is 13.2 Å². The molecule has 1 aliphatic heterocycles. The van der Waals surface area contributed by atoms with E-state index in [0.29, 0.717) is 5.56 Å². The number of alkyl halides is 3. The third kappa shape index (κ3) is 4.46. The van der Waals surface area contributed by atoms with Crippen molar-refractivity contribution in [3.8, 4) is 0 Å². The lowest BCUT2D eigenvalue weighted by molar-refractivity contribution is -0.142. The van der Waals surface area contributed by atoms with Gasteiger partial charge in [0.1, 0.15) is 12.1 Å². The Kier molecular flexibility index (Phi) is 5.10. The van der Waals surface area contributed by atoms with Crippen molar-refractivity contribution in [2.24, 2.45) is 0 Å². The molecule has 3 N–H and O–H groups in total. The van der Waals surface area contributed by atoms with Gasteiger partial charge in [-0.3, -0.25) is 9.59 Å². The fraction of sp³-hybridized carbons (Fsp3) is 0.400. The largest absolute Gasteiger partial charge is 0.480 e. The van der Waals surface area contributed by atoms with Crippen molar-refractivity contribution >= 4 is 17.8 Å². The molecule has 2 atom stereocenters. The van der Waals surface area contributed by atoms with Crippen LogP contribution in [-0.2, 0) is 27.0 Å². The molecule has 1 saturated heterocycles. The molecule has 0 saturated carbocycles. The van der Waals surface area contributed by atoms with Crippen LogP contribution in [0.25, 0.3) is 0 Å². The fourth-order valence-corrected chi connectivity index (χ4v) is 2.35. The van der Waals surface area contributed by atoms with Gasteiger partial charge in [0.2, 0.25) is 11.8 Å². The molecule has 1 heterocycles. The Labute approximate surface area is 135 Å². The van der Waals surface area contributed by atoms with Crippen LogP contribution < -0.4 is 10.6 Å². The summed E-state index contributed by atoms with van der Waals surface area (Å²) >= 11 is 0. The zero-order valence-electron chi connectivity index (χ0n) is 12.4. The average molecular weight is 344 g/mol. The first-order valence-electron chi connectivity index (χ1n) is 7.15. The van der Waals surface area contributed by atoms with Crippen molar-refractivity contribution < 1.29 is 32.7 Å². The number of nitrogens with one attached hydrogen (secondary N) is 2. The van der Waals surface area contributed by atoms with Crippen molar-refractivity contribution in [2.45, 2.75) is 37.5 Å². The molecular formula is C15H15F3N2O4. The molecule has 130 valence electrons. The Morgan fingerprint density at radius 3 is 2.38 bits per heavy atom. The summed E-state index contributed by atoms with van der Waals surface area (Å²) in [5, 5.41) is 13.9. The molecule has 0 radical (unpaired) electrons. The van der Waals surface area contributed by atoms with Crippen molar-refractivity contribution in [2.75, 3.05) is 0 Å². The Bertz CT molecular complexity index is 643. The van der Waals surface area contributed by atoms with Gasteiger partial charge in [-0.05, 0) is 24.1 Å². The molecule has 1 aliphatic rings. The van der Waals surface area contributed by atoms with Crippen LogP contribution >= 0.6 is 0 Å². The van der Waals surface area contributed by atoms with Gasteiger partial charge in [-0.25, -0.2) is 4.79 Å². The maximum absolute atomic E-state index is 12.5. The van der Waals surface area contributed by atoms with E-state index in [4.69, 9.17) is 0 Å².